The van der Waals surface area contributed by atoms with Crippen molar-refractivity contribution in [3.05, 3.63) is 105 Å². The summed E-state index contributed by atoms with van der Waals surface area (Å²) in [7, 11) is 0. The normalized spacial score (nSPS) is 14.9. The third kappa shape index (κ3) is 3.79. The lowest BCUT2D eigenvalue weighted by Gasteiger charge is -2.26. The van der Waals surface area contributed by atoms with Gasteiger partial charge in [-0.05, 0) is 67.8 Å². The molecule has 7 heteroatoms. The number of nitrogens with zero attached hydrogens (tertiary/aromatic N) is 1. The number of aryl methyl sites for hydroxylation is 3. The maximum Gasteiger partial charge on any atom is 0.379 e. The van der Waals surface area contributed by atoms with E-state index in [0.29, 0.717) is 28.0 Å². The molecular formula is C28H21FN2O4. The molecule has 0 amide bonds. The molecule has 0 fully saturated rings. The largest absolute Gasteiger partial charge is 0.449 e. The van der Waals surface area contributed by atoms with Crippen molar-refractivity contribution in [2.75, 3.05) is 0 Å². The van der Waals surface area contributed by atoms with E-state index in [2.05, 4.69) is 6.07 Å². The van der Waals surface area contributed by atoms with Gasteiger partial charge in [-0.25, -0.2) is 9.18 Å². The average Bonchev–Trinajstić information content (AvgIpc) is 3.14. The monoisotopic (exact) mass is 468 g/mol. The summed E-state index contributed by atoms with van der Waals surface area (Å²) in [4.78, 5) is 13.0. The smallest absolute Gasteiger partial charge is 0.379 e. The summed E-state index contributed by atoms with van der Waals surface area (Å²) in [5, 5.41) is 10.5. The summed E-state index contributed by atoms with van der Waals surface area (Å²) in [6.07, 6.45) is 0. The molecule has 1 atom stereocenters. The van der Waals surface area contributed by atoms with Crippen molar-refractivity contribution < 1.29 is 23.1 Å². The number of hydrogen-bond acceptors (Lipinski definition) is 6. The average molecular weight is 468 g/mol. The molecule has 1 aliphatic rings. The van der Waals surface area contributed by atoms with Gasteiger partial charge in [-0.15, -0.1) is 0 Å². The molecule has 2 N–H and O–H groups in total. The lowest BCUT2D eigenvalue weighted by molar-refractivity contribution is 0.0702. The number of carbonyl (C=O) groups excluding carboxylic acids is 1. The highest BCUT2D eigenvalue weighted by atomic mass is 19.1. The number of furan rings is 1. The highest BCUT2D eigenvalue weighted by Crippen LogP contribution is 2.43. The SMILES string of the molecule is Cc1cc2oc(C(=O)Oc3ccc4c(c3)OC(N)=C(C#N)C4c3ccc(F)cc3)c(C)c2cc1C. The topological polar surface area (TPSA) is 98.5 Å². The Bertz CT molecular complexity index is 1580. The molecule has 0 saturated heterocycles. The fraction of sp³-hybridized carbons (Fsp3) is 0.143. The minimum atomic E-state index is -0.638. The van der Waals surface area contributed by atoms with Crippen molar-refractivity contribution in [1.29, 1.82) is 5.26 Å². The van der Waals surface area contributed by atoms with Gasteiger partial charge in [-0.1, -0.05) is 18.2 Å². The van der Waals surface area contributed by atoms with Gasteiger partial charge in [-0.2, -0.15) is 5.26 Å². The van der Waals surface area contributed by atoms with Crippen LogP contribution in [0.3, 0.4) is 0 Å². The first kappa shape index (κ1) is 22.2. The van der Waals surface area contributed by atoms with Crippen molar-refractivity contribution in [3.8, 4) is 17.6 Å². The number of ether oxygens (including phenoxy) is 2. The maximum atomic E-state index is 13.5. The minimum Gasteiger partial charge on any atom is -0.449 e. The highest BCUT2D eigenvalue weighted by molar-refractivity contribution is 5.97. The standard InChI is InChI=1S/C28H21FN2O4/c1-14-10-21-16(3)26(34-23(21)11-15(14)2)28(32)33-19-8-9-20-24(12-19)35-27(31)22(13-30)25(20)17-4-6-18(29)7-5-17/h4-12,25H,31H2,1-3H3. The van der Waals surface area contributed by atoms with Crippen LogP contribution in [-0.2, 0) is 0 Å². The van der Waals surface area contributed by atoms with Crippen LogP contribution in [0.5, 0.6) is 11.5 Å². The van der Waals surface area contributed by atoms with Crippen LogP contribution in [0.15, 0.2) is 70.5 Å². The van der Waals surface area contributed by atoms with Crippen LogP contribution in [-0.4, -0.2) is 5.97 Å². The quantitative estimate of drug-likeness (QED) is 0.295. The molecule has 0 bridgehead atoms. The van der Waals surface area contributed by atoms with Crippen molar-refractivity contribution in [2.45, 2.75) is 26.7 Å². The molecule has 0 saturated carbocycles. The van der Waals surface area contributed by atoms with Gasteiger partial charge in [0.2, 0.25) is 11.6 Å². The van der Waals surface area contributed by atoms with E-state index in [0.717, 1.165) is 16.5 Å². The molecule has 0 spiro atoms. The third-order valence-corrected chi connectivity index (χ3v) is 6.34. The second-order valence-corrected chi connectivity index (χ2v) is 8.55. The number of nitriles is 1. The molecule has 1 aromatic heterocycles. The van der Waals surface area contributed by atoms with Gasteiger partial charge in [0.15, 0.2) is 0 Å². The number of benzene rings is 3. The molecule has 5 rings (SSSR count). The fourth-order valence-corrected chi connectivity index (χ4v) is 4.32. The van der Waals surface area contributed by atoms with Crippen LogP contribution in [0, 0.1) is 37.9 Å². The molecule has 2 heterocycles. The minimum absolute atomic E-state index is 0.0586. The van der Waals surface area contributed by atoms with E-state index in [1.165, 1.54) is 18.2 Å². The molecular weight excluding hydrogens is 447 g/mol. The van der Waals surface area contributed by atoms with Gasteiger partial charge in [0, 0.05) is 22.6 Å². The number of nitrogens with two attached hydrogens (primary N) is 1. The second-order valence-electron chi connectivity index (χ2n) is 8.55. The summed E-state index contributed by atoms with van der Waals surface area (Å²) in [5.74, 6) is -0.930. The first-order chi connectivity index (χ1) is 16.8. The molecule has 35 heavy (non-hydrogen) atoms. The molecule has 0 aliphatic carbocycles. The van der Waals surface area contributed by atoms with Crippen molar-refractivity contribution >= 4 is 16.9 Å². The van der Waals surface area contributed by atoms with Crippen LogP contribution < -0.4 is 15.2 Å². The van der Waals surface area contributed by atoms with E-state index < -0.39 is 11.9 Å². The van der Waals surface area contributed by atoms with E-state index in [1.807, 2.05) is 32.9 Å². The molecule has 1 aliphatic heterocycles. The Labute approximate surface area is 201 Å². The van der Waals surface area contributed by atoms with E-state index in [9.17, 15) is 14.4 Å². The van der Waals surface area contributed by atoms with E-state index in [1.54, 1.807) is 24.3 Å². The van der Waals surface area contributed by atoms with Crippen molar-refractivity contribution in [1.82, 2.24) is 0 Å². The lowest BCUT2D eigenvalue weighted by atomic mass is 9.83. The molecule has 3 aromatic carbocycles. The maximum absolute atomic E-state index is 13.5. The molecule has 6 nitrogen and oxygen atoms in total. The Kier molecular flexibility index (Phi) is 5.29. The number of allylic oxidation sites excluding steroid dienone is 1. The summed E-state index contributed by atoms with van der Waals surface area (Å²) in [6, 6.07) is 16.7. The van der Waals surface area contributed by atoms with Crippen LogP contribution in [0.25, 0.3) is 11.0 Å². The highest BCUT2D eigenvalue weighted by Gasteiger charge is 2.31. The van der Waals surface area contributed by atoms with Gasteiger partial charge in [0.05, 0.1) is 5.92 Å². The van der Waals surface area contributed by atoms with Gasteiger partial charge in [0.25, 0.3) is 0 Å². The van der Waals surface area contributed by atoms with Gasteiger partial charge in [-0.3, -0.25) is 0 Å². The number of fused-ring (bicyclic) bond motifs is 2. The zero-order valence-corrected chi connectivity index (χ0v) is 19.3. The molecule has 0 radical (unpaired) electrons. The number of hydrogen-bond donors (Lipinski definition) is 1. The van der Waals surface area contributed by atoms with Crippen molar-refractivity contribution in [2.24, 2.45) is 5.73 Å². The zero-order valence-electron chi connectivity index (χ0n) is 19.3. The van der Waals surface area contributed by atoms with Gasteiger partial charge >= 0.3 is 5.97 Å². The Balaban J connectivity index is 1.49. The lowest BCUT2D eigenvalue weighted by Crippen LogP contribution is -2.21. The van der Waals surface area contributed by atoms with Crippen LogP contribution in [0.2, 0.25) is 0 Å². The predicted molar refractivity (Wildman–Crippen MR) is 128 cm³/mol. The Morgan fingerprint density at radius 3 is 2.49 bits per heavy atom. The summed E-state index contributed by atoms with van der Waals surface area (Å²) in [6.45, 7) is 5.80. The predicted octanol–water partition coefficient (Wildman–Crippen LogP) is 5.93. The summed E-state index contributed by atoms with van der Waals surface area (Å²) in [5.41, 5.74) is 11.1. The molecule has 1 unspecified atom stereocenters. The first-order valence-electron chi connectivity index (χ1n) is 11.0. The number of esters is 1. The van der Waals surface area contributed by atoms with Crippen LogP contribution in [0.4, 0.5) is 4.39 Å². The van der Waals surface area contributed by atoms with Crippen molar-refractivity contribution in [3.63, 3.8) is 0 Å². The molecule has 4 aromatic rings. The first-order valence-corrected chi connectivity index (χ1v) is 11.0. The fourth-order valence-electron chi connectivity index (χ4n) is 4.32. The number of carbonyl (C=O) groups is 1. The van der Waals surface area contributed by atoms with E-state index in [4.69, 9.17) is 19.6 Å². The summed E-state index contributed by atoms with van der Waals surface area (Å²) >= 11 is 0. The van der Waals surface area contributed by atoms with Crippen LogP contribution in [0.1, 0.15) is 44.3 Å². The van der Waals surface area contributed by atoms with E-state index >= 15 is 0 Å². The third-order valence-electron chi connectivity index (χ3n) is 6.34. The van der Waals surface area contributed by atoms with Crippen LogP contribution >= 0.6 is 0 Å². The zero-order chi connectivity index (χ0) is 24.9. The Morgan fingerprint density at radius 1 is 1.06 bits per heavy atom. The number of halogens is 1. The van der Waals surface area contributed by atoms with Gasteiger partial charge < -0.3 is 19.6 Å². The summed E-state index contributed by atoms with van der Waals surface area (Å²) < 4.78 is 30.6. The number of rotatable bonds is 3. The van der Waals surface area contributed by atoms with Gasteiger partial charge in [0.1, 0.15) is 34.5 Å². The Morgan fingerprint density at radius 2 is 1.77 bits per heavy atom. The van der Waals surface area contributed by atoms with E-state index in [-0.39, 0.29) is 28.8 Å². The second kappa shape index (κ2) is 8.33. The Hall–Kier alpha value is -4.57. The molecule has 174 valence electrons.